The summed E-state index contributed by atoms with van der Waals surface area (Å²) < 4.78 is 10.8. The van der Waals surface area contributed by atoms with E-state index in [1.807, 2.05) is 24.3 Å². The van der Waals surface area contributed by atoms with Gasteiger partial charge in [0, 0.05) is 0 Å². The Labute approximate surface area is 137 Å². The lowest BCUT2D eigenvalue weighted by molar-refractivity contribution is -0.145. The molecule has 0 amide bonds. The molecule has 3 nitrogen and oxygen atoms in total. The Hall–Kier alpha value is -2.13. The molecule has 120 valence electrons. The van der Waals surface area contributed by atoms with E-state index < -0.39 is 6.10 Å². The predicted octanol–water partition coefficient (Wildman–Crippen LogP) is 4.45. The van der Waals surface area contributed by atoms with E-state index in [1.165, 1.54) is 16.7 Å². The van der Waals surface area contributed by atoms with Crippen molar-refractivity contribution in [3.8, 4) is 11.1 Å². The molecule has 0 bridgehead atoms. The number of benzene rings is 2. The summed E-state index contributed by atoms with van der Waals surface area (Å²) in [7, 11) is 0. The average Bonchev–Trinajstić information content (AvgIpc) is 3.37. The van der Waals surface area contributed by atoms with Crippen molar-refractivity contribution in [2.75, 3.05) is 6.61 Å². The number of esters is 1. The van der Waals surface area contributed by atoms with Crippen LogP contribution in [0.2, 0.25) is 0 Å². The fraction of sp³-hybridized carbons (Fsp3) is 0.350. The summed E-state index contributed by atoms with van der Waals surface area (Å²) in [5, 5.41) is 0. The molecule has 1 heterocycles. The molecule has 0 saturated carbocycles. The molecular formula is C20H22O3. The van der Waals surface area contributed by atoms with E-state index in [4.69, 9.17) is 9.47 Å². The van der Waals surface area contributed by atoms with Crippen LogP contribution in [0.4, 0.5) is 0 Å². The average molecular weight is 310 g/mol. The van der Waals surface area contributed by atoms with Gasteiger partial charge in [-0.1, -0.05) is 55.8 Å². The Balaban J connectivity index is 1.72. The third-order valence-electron chi connectivity index (χ3n) is 4.14. The molecule has 2 unspecified atom stereocenters. The highest BCUT2D eigenvalue weighted by Gasteiger charge is 2.47. The number of carbonyl (C=O) groups excluding carboxylic acids is 1. The summed E-state index contributed by atoms with van der Waals surface area (Å²) in [4.78, 5) is 11.9. The SMILES string of the molecule is CCCCOC(=O)C1OC1c1ccc(C)c(-c2ccccc2)c1. The molecule has 2 aromatic carbocycles. The Morgan fingerprint density at radius 3 is 2.70 bits per heavy atom. The third-order valence-corrected chi connectivity index (χ3v) is 4.14. The van der Waals surface area contributed by atoms with Gasteiger partial charge in [0.25, 0.3) is 0 Å². The van der Waals surface area contributed by atoms with Crippen LogP contribution in [0, 0.1) is 6.92 Å². The first-order valence-electron chi connectivity index (χ1n) is 8.18. The lowest BCUT2D eigenvalue weighted by atomic mass is 9.96. The molecule has 2 atom stereocenters. The fourth-order valence-electron chi connectivity index (χ4n) is 2.69. The summed E-state index contributed by atoms with van der Waals surface area (Å²) in [5.41, 5.74) is 4.60. The molecule has 23 heavy (non-hydrogen) atoms. The van der Waals surface area contributed by atoms with Gasteiger partial charge in [0.2, 0.25) is 0 Å². The van der Waals surface area contributed by atoms with Gasteiger partial charge in [-0.05, 0) is 41.7 Å². The van der Waals surface area contributed by atoms with Crippen molar-refractivity contribution in [1.29, 1.82) is 0 Å². The standard InChI is InChI=1S/C20H22O3/c1-3-4-12-22-20(21)19-18(23-19)16-11-10-14(2)17(13-16)15-8-6-5-7-9-15/h5-11,13,18-19H,3-4,12H2,1-2H3. The lowest BCUT2D eigenvalue weighted by Crippen LogP contribution is -2.13. The second-order valence-electron chi connectivity index (χ2n) is 5.94. The highest BCUT2D eigenvalue weighted by atomic mass is 16.6. The first kappa shape index (κ1) is 15.8. The maximum absolute atomic E-state index is 11.9. The minimum absolute atomic E-state index is 0.174. The van der Waals surface area contributed by atoms with Crippen LogP contribution < -0.4 is 0 Å². The molecule has 1 aliphatic heterocycles. The minimum Gasteiger partial charge on any atom is -0.464 e. The fourth-order valence-corrected chi connectivity index (χ4v) is 2.69. The Morgan fingerprint density at radius 1 is 1.17 bits per heavy atom. The molecule has 3 heteroatoms. The number of ether oxygens (including phenoxy) is 2. The quantitative estimate of drug-likeness (QED) is 0.449. The molecule has 1 aliphatic rings. The van der Waals surface area contributed by atoms with Gasteiger partial charge < -0.3 is 9.47 Å². The topological polar surface area (TPSA) is 38.8 Å². The first-order chi connectivity index (χ1) is 11.2. The number of carbonyl (C=O) groups is 1. The third kappa shape index (κ3) is 3.62. The van der Waals surface area contributed by atoms with Gasteiger partial charge in [0.15, 0.2) is 6.10 Å². The van der Waals surface area contributed by atoms with Crippen molar-refractivity contribution >= 4 is 5.97 Å². The Bertz CT molecular complexity index is 679. The van der Waals surface area contributed by atoms with Gasteiger partial charge in [-0.25, -0.2) is 4.79 Å². The maximum Gasteiger partial charge on any atom is 0.338 e. The van der Waals surface area contributed by atoms with Gasteiger partial charge in [0.05, 0.1) is 6.61 Å². The number of hydrogen-bond acceptors (Lipinski definition) is 3. The number of aryl methyl sites for hydroxylation is 1. The van der Waals surface area contributed by atoms with Crippen LogP contribution in [0.15, 0.2) is 48.5 Å². The van der Waals surface area contributed by atoms with Crippen molar-refractivity contribution in [3.05, 3.63) is 59.7 Å². The van der Waals surface area contributed by atoms with Gasteiger partial charge in [-0.3, -0.25) is 0 Å². The van der Waals surface area contributed by atoms with Crippen LogP contribution in [0.5, 0.6) is 0 Å². The van der Waals surface area contributed by atoms with Gasteiger partial charge in [-0.15, -0.1) is 0 Å². The predicted molar refractivity (Wildman–Crippen MR) is 90.1 cm³/mol. The van der Waals surface area contributed by atoms with Crippen molar-refractivity contribution in [3.63, 3.8) is 0 Å². The molecule has 0 radical (unpaired) electrons. The highest BCUT2D eigenvalue weighted by Crippen LogP contribution is 2.41. The summed E-state index contributed by atoms with van der Waals surface area (Å²) in [6, 6.07) is 16.5. The summed E-state index contributed by atoms with van der Waals surface area (Å²) >= 11 is 0. The number of epoxide rings is 1. The summed E-state index contributed by atoms with van der Waals surface area (Å²) in [5.74, 6) is -0.245. The van der Waals surface area contributed by atoms with Crippen LogP contribution in [0.1, 0.15) is 37.0 Å². The second-order valence-corrected chi connectivity index (χ2v) is 5.94. The molecule has 0 spiro atoms. The zero-order valence-corrected chi connectivity index (χ0v) is 13.6. The van der Waals surface area contributed by atoms with Gasteiger partial charge in [0.1, 0.15) is 6.10 Å². The molecule has 0 aromatic heterocycles. The Kier molecular flexibility index (Phi) is 4.77. The molecule has 0 N–H and O–H groups in total. The van der Waals surface area contributed by atoms with Crippen LogP contribution in [-0.4, -0.2) is 18.7 Å². The van der Waals surface area contributed by atoms with Gasteiger partial charge >= 0.3 is 5.97 Å². The first-order valence-corrected chi connectivity index (χ1v) is 8.18. The summed E-state index contributed by atoms with van der Waals surface area (Å²) in [6.45, 7) is 4.64. The minimum atomic E-state index is -0.446. The highest BCUT2D eigenvalue weighted by molar-refractivity contribution is 5.79. The van der Waals surface area contributed by atoms with Gasteiger partial charge in [-0.2, -0.15) is 0 Å². The second kappa shape index (κ2) is 6.97. The van der Waals surface area contributed by atoms with E-state index in [0.29, 0.717) is 6.61 Å². The zero-order valence-electron chi connectivity index (χ0n) is 13.6. The van der Waals surface area contributed by atoms with E-state index in [2.05, 4.69) is 38.1 Å². The van der Waals surface area contributed by atoms with Crippen LogP contribution in [0.25, 0.3) is 11.1 Å². The lowest BCUT2D eigenvalue weighted by Gasteiger charge is -2.08. The largest absolute Gasteiger partial charge is 0.464 e. The van der Waals surface area contributed by atoms with E-state index in [1.54, 1.807) is 0 Å². The maximum atomic E-state index is 11.9. The monoisotopic (exact) mass is 310 g/mol. The number of unbranched alkanes of at least 4 members (excludes halogenated alkanes) is 1. The van der Waals surface area contributed by atoms with E-state index in [-0.39, 0.29) is 12.1 Å². The van der Waals surface area contributed by atoms with Crippen molar-refractivity contribution < 1.29 is 14.3 Å². The normalized spacial score (nSPS) is 19.4. The van der Waals surface area contributed by atoms with Crippen LogP contribution >= 0.6 is 0 Å². The molecular weight excluding hydrogens is 288 g/mol. The zero-order chi connectivity index (χ0) is 16.2. The van der Waals surface area contributed by atoms with Crippen LogP contribution in [0.3, 0.4) is 0 Å². The molecule has 3 rings (SSSR count). The summed E-state index contributed by atoms with van der Waals surface area (Å²) in [6.07, 6.45) is 1.29. The molecule has 2 aromatic rings. The van der Waals surface area contributed by atoms with E-state index in [9.17, 15) is 4.79 Å². The molecule has 1 saturated heterocycles. The number of hydrogen-bond donors (Lipinski definition) is 0. The smallest absolute Gasteiger partial charge is 0.338 e. The molecule has 0 aliphatic carbocycles. The van der Waals surface area contributed by atoms with E-state index >= 15 is 0 Å². The van der Waals surface area contributed by atoms with Crippen LogP contribution in [-0.2, 0) is 14.3 Å². The molecule has 1 fully saturated rings. The Morgan fingerprint density at radius 2 is 1.96 bits per heavy atom. The van der Waals surface area contributed by atoms with Crippen molar-refractivity contribution in [1.82, 2.24) is 0 Å². The number of rotatable bonds is 6. The van der Waals surface area contributed by atoms with Crippen molar-refractivity contribution in [2.24, 2.45) is 0 Å². The van der Waals surface area contributed by atoms with E-state index in [0.717, 1.165) is 18.4 Å². The van der Waals surface area contributed by atoms with Crippen molar-refractivity contribution in [2.45, 2.75) is 38.9 Å².